The van der Waals surface area contributed by atoms with Gasteiger partial charge in [-0.3, -0.25) is 4.79 Å². The molecule has 1 amide bonds. The highest BCUT2D eigenvalue weighted by Gasteiger charge is 2.32. The molecule has 0 bridgehead atoms. The molecule has 96 valence electrons. The second-order valence-electron chi connectivity index (χ2n) is 5.38. The number of para-hydroxylation sites is 2. The van der Waals surface area contributed by atoms with Gasteiger partial charge >= 0.3 is 0 Å². The lowest BCUT2D eigenvalue weighted by Crippen LogP contribution is -2.39. The molecule has 0 atom stereocenters. The summed E-state index contributed by atoms with van der Waals surface area (Å²) in [4.78, 5) is 16.8. The average Bonchev–Trinajstić information content (AvgIpc) is 2.47. The van der Waals surface area contributed by atoms with Gasteiger partial charge in [-0.2, -0.15) is 0 Å². The van der Waals surface area contributed by atoms with Crippen molar-refractivity contribution < 1.29 is 4.79 Å². The molecule has 1 aliphatic carbocycles. The summed E-state index contributed by atoms with van der Waals surface area (Å²) in [5.41, 5.74) is 2.28. The smallest absolute Gasteiger partial charge is 0.230 e. The Labute approximate surface area is 108 Å². The number of amides is 1. The van der Waals surface area contributed by atoms with Crippen molar-refractivity contribution in [3.8, 4) is 0 Å². The Balaban J connectivity index is 1.94. The second-order valence-corrected chi connectivity index (χ2v) is 5.38. The molecule has 0 saturated heterocycles. The molecule has 0 unspecified atom stereocenters. The topological polar surface area (TPSA) is 23.6 Å². The Bertz CT molecular complexity index is 454. The van der Waals surface area contributed by atoms with E-state index in [4.69, 9.17) is 0 Å². The van der Waals surface area contributed by atoms with E-state index >= 15 is 0 Å². The number of carbonyl (C=O) groups excluding carboxylic acids is 1. The molecule has 1 aliphatic heterocycles. The highest BCUT2D eigenvalue weighted by Crippen LogP contribution is 2.35. The van der Waals surface area contributed by atoms with Crippen molar-refractivity contribution in [1.29, 1.82) is 0 Å². The molecule has 1 fully saturated rings. The van der Waals surface area contributed by atoms with Crippen LogP contribution in [0.5, 0.6) is 0 Å². The summed E-state index contributed by atoms with van der Waals surface area (Å²) in [5.74, 6) is 0.616. The average molecular weight is 244 g/mol. The maximum absolute atomic E-state index is 12.5. The van der Waals surface area contributed by atoms with Crippen LogP contribution in [0.1, 0.15) is 25.7 Å². The third-order valence-corrected chi connectivity index (χ3v) is 4.18. The van der Waals surface area contributed by atoms with Gasteiger partial charge in [-0.05, 0) is 31.4 Å². The van der Waals surface area contributed by atoms with Crippen molar-refractivity contribution in [3.05, 3.63) is 24.3 Å². The molecule has 3 rings (SSSR count). The maximum Gasteiger partial charge on any atom is 0.230 e. The van der Waals surface area contributed by atoms with E-state index in [0.717, 1.165) is 38.0 Å². The minimum atomic E-state index is 0.279. The number of hydrogen-bond donors (Lipinski definition) is 0. The van der Waals surface area contributed by atoms with Gasteiger partial charge in [-0.1, -0.05) is 18.6 Å². The second kappa shape index (κ2) is 4.63. The van der Waals surface area contributed by atoms with Crippen LogP contribution in [0.2, 0.25) is 0 Å². The monoisotopic (exact) mass is 244 g/mol. The number of nitrogens with zero attached hydrogens (tertiary/aromatic N) is 2. The maximum atomic E-state index is 12.5. The summed E-state index contributed by atoms with van der Waals surface area (Å²) in [6.07, 6.45) is 4.41. The van der Waals surface area contributed by atoms with Crippen molar-refractivity contribution in [2.75, 3.05) is 29.9 Å². The van der Waals surface area contributed by atoms with Crippen molar-refractivity contribution in [2.24, 2.45) is 5.92 Å². The minimum absolute atomic E-state index is 0.279. The van der Waals surface area contributed by atoms with E-state index in [1.165, 1.54) is 12.1 Å². The van der Waals surface area contributed by atoms with E-state index in [1.807, 2.05) is 17.0 Å². The molecule has 18 heavy (non-hydrogen) atoms. The van der Waals surface area contributed by atoms with E-state index in [9.17, 15) is 4.79 Å². The summed E-state index contributed by atoms with van der Waals surface area (Å²) < 4.78 is 0. The lowest BCUT2D eigenvalue weighted by molar-refractivity contribution is -0.124. The van der Waals surface area contributed by atoms with Crippen molar-refractivity contribution in [2.45, 2.75) is 25.7 Å². The number of anilines is 2. The van der Waals surface area contributed by atoms with E-state index in [-0.39, 0.29) is 5.92 Å². The van der Waals surface area contributed by atoms with Crippen molar-refractivity contribution >= 4 is 17.3 Å². The lowest BCUT2D eigenvalue weighted by atomic mass is 9.84. The molecular formula is C15H20N2O. The summed E-state index contributed by atoms with van der Waals surface area (Å²) in [6.45, 7) is 1.88. The van der Waals surface area contributed by atoms with Crippen LogP contribution in [0.15, 0.2) is 24.3 Å². The van der Waals surface area contributed by atoms with Crippen LogP contribution in [-0.4, -0.2) is 26.0 Å². The Kier molecular flexibility index (Phi) is 2.98. The third kappa shape index (κ3) is 1.88. The Morgan fingerprint density at radius 2 is 1.83 bits per heavy atom. The van der Waals surface area contributed by atoms with Crippen LogP contribution in [0.25, 0.3) is 0 Å². The predicted molar refractivity (Wildman–Crippen MR) is 74.0 cm³/mol. The van der Waals surface area contributed by atoms with Crippen LogP contribution in [0.3, 0.4) is 0 Å². The molecule has 1 aromatic carbocycles. The van der Waals surface area contributed by atoms with Gasteiger partial charge in [-0.25, -0.2) is 0 Å². The zero-order valence-electron chi connectivity index (χ0n) is 10.9. The van der Waals surface area contributed by atoms with Gasteiger partial charge in [0.1, 0.15) is 0 Å². The molecule has 0 aromatic heterocycles. The number of carbonyl (C=O) groups is 1. The Morgan fingerprint density at radius 1 is 1.11 bits per heavy atom. The third-order valence-electron chi connectivity index (χ3n) is 4.18. The molecule has 1 aromatic rings. The summed E-state index contributed by atoms with van der Waals surface area (Å²) in [7, 11) is 2.11. The molecule has 3 nitrogen and oxygen atoms in total. The number of benzene rings is 1. The fourth-order valence-corrected chi connectivity index (χ4v) is 2.83. The first-order chi connectivity index (χ1) is 8.77. The SMILES string of the molecule is CN1CCCN(C(=O)C2CCC2)c2ccccc21. The van der Waals surface area contributed by atoms with Gasteiger partial charge in [0.2, 0.25) is 5.91 Å². The normalized spacial score (nSPS) is 20.1. The summed E-state index contributed by atoms with van der Waals surface area (Å²) >= 11 is 0. The van der Waals surface area contributed by atoms with Gasteiger partial charge in [0, 0.05) is 26.1 Å². The van der Waals surface area contributed by atoms with Gasteiger partial charge in [0.25, 0.3) is 0 Å². The number of hydrogen-bond acceptors (Lipinski definition) is 2. The van der Waals surface area contributed by atoms with Crippen LogP contribution in [-0.2, 0) is 4.79 Å². The van der Waals surface area contributed by atoms with Crippen LogP contribution in [0.4, 0.5) is 11.4 Å². The Morgan fingerprint density at radius 3 is 2.50 bits per heavy atom. The molecular weight excluding hydrogens is 224 g/mol. The van der Waals surface area contributed by atoms with Gasteiger partial charge in [0.15, 0.2) is 0 Å². The van der Waals surface area contributed by atoms with Crippen LogP contribution in [0, 0.1) is 5.92 Å². The van der Waals surface area contributed by atoms with E-state index in [0.29, 0.717) is 5.91 Å². The van der Waals surface area contributed by atoms with Crippen LogP contribution < -0.4 is 9.80 Å². The van der Waals surface area contributed by atoms with Gasteiger partial charge in [-0.15, -0.1) is 0 Å². The number of rotatable bonds is 1. The molecule has 2 aliphatic rings. The summed E-state index contributed by atoms with van der Waals surface area (Å²) in [6, 6.07) is 8.27. The van der Waals surface area contributed by atoms with Crippen LogP contribution >= 0.6 is 0 Å². The zero-order chi connectivity index (χ0) is 12.5. The largest absolute Gasteiger partial charge is 0.373 e. The van der Waals surface area contributed by atoms with Gasteiger partial charge < -0.3 is 9.80 Å². The molecule has 0 N–H and O–H groups in total. The highest BCUT2D eigenvalue weighted by molar-refractivity contribution is 5.98. The van der Waals surface area contributed by atoms with Crippen molar-refractivity contribution in [3.63, 3.8) is 0 Å². The van der Waals surface area contributed by atoms with E-state index < -0.39 is 0 Å². The molecule has 1 heterocycles. The predicted octanol–water partition coefficient (Wildman–Crippen LogP) is 2.66. The first-order valence-electron chi connectivity index (χ1n) is 6.89. The van der Waals surface area contributed by atoms with Crippen molar-refractivity contribution in [1.82, 2.24) is 0 Å². The summed E-state index contributed by atoms with van der Waals surface area (Å²) in [5, 5.41) is 0. The molecule has 0 radical (unpaired) electrons. The fourth-order valence-electron chi connectivity index (χ4n) is 2.83. The first-order valence-corrected chi connectivity index (χ1v) is 6.89. The molecule has 1 saturated carbocycles. The Hall–Kier alpha value is -1.51. The molecule has 0 spiro atoms. The van der Waals surface area contributed by atoms with E-state index in [1.54, 1.807) is 0 Å². The quantitative estimate of drug-likeness (QED) is 0.758. The highest BCUT2D eigenvalue weighted by atomic mass is 16.2. The zero-order valence-corrected chi connectivity index (χ0v) is 10.9. The van der Waals surface area contributed by atoms with E-state index in [2.05, 4.69) is 24.1 Å². The number of fused-ring (bicyclic) bond motifs is 1. The standard InChI is InChI=1S/C15H20N2O/c1-16-10-5-11-17(15(18)12-6-4-7-12)14-9-3-2-8-13(14)16/h2-3,8-9,12H,4-7,10-11H2,1H3. The lowest BCUT2D eigenvalue weighted by Gasteiger charge is -2.32. The minimum Gasteiger partial charge on any atom is -0.373 e. The molecule has 3 heteroatoms. The first kappa shape index (κ1) is 11.6. The fraction of sp³-hybridized carbons (Fsp3) is 0.533. The van der Waals surface area contributed by atoms with Gasteiger partial charge in [0.05, 0.1) is 11.4 Å².